The number of amides is 1. The first-order valence-corrected chi connectivity index (χ1v) is 9.84. The van der Waals surface area contributed by atoms with Crippen molar-refractivity contribution in [2.24, 2.45) is 0 Å². The van der Waals surface area contributed by atoms with Crippen LogP contribution in [0.4, 0.5) is 4.79 Å². The van der Waals surface area contributed by atoms with Gasteiger partial charge in [0.1, 0.15) is 6.10 Å². The van der Waals surface area contributed by atoms with Crippen LogP contribution in [-0.2, 0) is 9.47 Å². The zero-order chi connectivity index (χ0) is 18.4. The van der Waals surface area contributed by atoms with E-state index in [1.54, 1.807) is 4.90 Å². The van der Waals surface area contributed by atoms with Crippen LogP contribution in [0, 0.1) is 0 Å². The molecule has 1 aliphatic rings. The molecular weight excluding hydrogens is 394 g/mol. The van der Waals surface area contributed by atoms with Crippen LogP contribution in [0.1, 0.15) is 37.0 Å². The highest BCUT2D eigenvalue weighted by atomic mass is 79.9. The van der Waals surface area contributed by atoms with E-state index in [0.29, 0.717) is 19.7 Å². The maximum absolute atomic E-state index is 11.9. The first-order chi connectivity index (χ1) is 12.7. The SMILES string of the molecule is CCOC(=O)N1CCC(OC(c2ccccc2)c2ccc(Br)cc2)CC1. The molecule has 26 heavy (non-hydrogen) atoms. The normalized spacial score (nSPS) is 16.3. The van der Waals surface area contributed by atoms with Gasteiger partial charge in [0, 0.05) is 17.6 Å². The van der Waals surface area contributed by atoms with Gasteiger partial charge in [-0.2, -0.15) is 0 Å². The summed E-state index contributed by atoms with van der Waals surface area (Å²) in [7, 11) is 0. The number of carbonyl (C=O) groups excluding carboxylic acids is 1. The number of piperidine rings is 1. The standard InChI is InChI=1S/C21H24BrNO3/c1-2-25-21(24)23-14-12-19(13-15-23)26-20(16-6-4-3-5-7-16)17-8-10-18(22)11-9-17/h3-11,19-20H,2,12-15H2,1H3. The zero-order valence-corrected chi connectivity index (χ0v) is 16.5. The third-order valence-corrected chi connectivity index (χ3v) is 5.10. The lowest BCUT2D eigenvalue weighted by Crippen LogP contribution is -2.41. The molecular formula is C21H24BrNO3. The highest BCUT2D eigenvalue weighted by Crippen LogP contribution is 2.30. The van der Waals surface area contributed by atoms with Crippen molar-refractivity contribution >= 4 is 22.0 Å². The van der Waals surface area contributed by atoms with Crippen molar-refractivity contribution in [1.29, 1.82) is 0 Å². The number of hydrogen-bond acceptors (Lipinski definition) is 3. The fraction of sp³-hybridized carbons (Fsp3) is 0.381. The van der Waals surface area contributed by atoms with Crippen LogP contribution in [0.2, 0.25) is 0 Å². The molecule has 0 saturated carbocycles. The smallest absolute Gasteiger partial charge is 0.409 e. The van der Waals surface area contributed by atoms with E-state index in [1.165, 1.54) is 0 Å². The van der Waals surface area contributed by atoms with E-state index in [4.69, 9.17) is 9.47 Å². The summed E-state index contributed by atoms with van der Waals surface area (Å²) in [5.74, 6) is 0. The summed E-state index contributed by atoms with van der Waals surface area (Å²) < 4.78 is 12.6. The maximum atomic E-state index is 11.9. The molecule has 0 spiro atoms. The van der Waals surface area contributed by atoms with Crippen molar-refractivity contribution < 1.29 is 14.3 Å². The van der Waals surface area contributed by atoms with Gasteiger partial charge in [0.05, 0.1) is 12.7 Å². The van der Waals surface area contributed by atoms with Gasteiger partial charge in [0.25, 0.3) is 0 Å². The number of benzene rings is 2. The highest BCUT2D eigenvalue weighted by molar-refractivity contribution is 9.10. The molecule has 1 fully saturated rings. The van der Waals surface area contributed by atoms with Gasteiger partial charge in [-0.1, -0.05) is 58.4 Å². The van der Waals surface area contributed by atoms with E-state index in [2.05, 4.69) is 40.2 Å². The Labute approximate surface area is 163 Å². The summed E-state index contributed by atoms with van der Waals surface area (Å²) in [4.78, 5) is 13.6. The molecule has 1 amide bonds. The molecule has 5 heteroatoms. The van der Waals surface area contributed by atoms with Crippen molar-refractivity contribution in [3.8, 4) is 0 Å². The van der Waals surface area contributed by atoms with Gasteiger partial charge in [-0.05, 0) is 43.0 Å². The molecule has 1 aliphatic heterocycles. The van der Waals surface area contributed by atoms with Gasteiger partial charge in [0.2, 0.25) is 0 Å². The average Bonchev–Trinajstić information content (AvgIpc) is 2.68. The van der Waals surface area contributed by atoms with E-state index in [-0.39, 0.29) is 18.3 Å². The Morgan fingerprint density at radius 3 is 2.31 bits per heavy atom. The van der Waals surface area contributed by atoms with E-state index in [0.717, 1.165) is 28.4 Å². The number of likely N-dealkylation sites (tertiary alicyclic amines) is 1. The minimum atomic E-state index is -0.224. The molecule has 4 nitrogen and oxygen atoms in total. The molecule has 2 aromatic rings. The Balaban J connectivity index is 1.69. The van der Waals surface area contributed by atoms with Crippen LogP contribution in [0.5, 0.6) is 0 Å². The lowest BCUT2D eigenvalue weighted by atomic mass is 10.00. The summed E-state index contributed by atoms with van der Waals surface area (Å²) in [5.41, 5.74) is 2.27. The fourth-order valence-corrected chi connectivity index (χ4v) is 3.46. The van der Waals surface area contributed by atoms with Crippen molar-refractivity contribution in [1.82, 2.24) is 4.90 Å². The number of nitrogens with zero attached hydrogens (tertiary/aromatic N) is 1. The van der Waals surface area contributed by atoms with Crippen LogP contribution < -0.4 is 0 Å². The van der Waals surface area contributed by atoms with Gasteiger partial charge in [-0.3, -0.25) is 0 Å². The monoisotopic (exact) mass is 417 g/mol. The Kier molecular flexibility index (Phi) is 6.69. The fourth-order valence-electron chi connectivity index (χ4n) is 3.20. The minimum absolute atomic E-state index is 0.108. The molecule has 0 aliphatic carbocycles. The molecule has 3 rings (SSSR count). The van der Waals surface area contributed by atoms with Gasteiger partial charge >= 0.3 is 6.09 Å². The second-order valence-electron chi connectivity index (χ2n) is 6.36. The summed E-state index contributed by atoms with van der Waals surface area (Å²) >= 11 is 3.49. The third kappa shape index (κ3) is 4.86. The summed E-state index contributed by atoms with van der Waals surface area (Å²) in [5, 5.41) is 0. The molecule has 1 unspecified atom stereocenters. The average molecular weight is 418 g/mol. The predicted octanol–water partition coefficient (Wildman–Crippen LogP) is 5.18. The molecule has 1 atom stereocenters. The zero-order valence-electron chi connectivity index (χ0n) is 14.9. The molecule has 138 valence electrons. The van der Waals surface area contributed by atoms with Crippen LogP contribution >= 0.6 is 15.9 Å². The van der Waals surface area contributed by atoms with E-state index >= 15 is 0 Å². The maximum Gasteiger partial charge on any atom is 0.409 e. The topological polar surface area (TPSA) is 38.8 Å². The number of ether oxygens (including phenoxy) is 2. The Hall–Kier alpha value is -1.85. The van der Waals surface area contributed by atoms with Crippen molar-refractivity contribution in [2.75, 3.05) is 19.7 Å². The summed E-state index contributed by atoms with van der Waals surface area (Å²) in [6.07, 6.45) is 1.42. The summed E-state index contributed by atoms with van der Waals surface area (Å²) in [6.45, 7) is 3.59. The first kappa shape index (κ1) is 18.9. The lowest BCUT2D eigenvalue weighted by molar-refractivity contribution is -0.0260. The number of rotatable bonds is 5. The Morgan fingerprint density at radius 1 is 1.08 bits per heavy atom. The molecule has 0 aromatic heterocycles. The van der Waals surface area contributed by atoms with Crippen molar-refractivity contribution in [3.63, 3.8) is 0 Å². The van der Waals surface area contributed by atoms with Crippen LogP contribution in [0.15, 0.2) is 59.1 Å². The molecule has 0 bridgehead atoms. The quantitative estimate of drug-likeness (QED) is 0.672. The highest BCUT2D eigenvalue weighted by Gasteiger charge is 2.27. The predicted molar refractivity (Wildman–Crippen MR) is 105 cm³/mol. The van der Waals surface area contributed by atoms with Gasteiger partial charge in [0.15, 0.2) is 0 Å². The molecule has 1 saturated heterocycles. The van der Waals surface area contributed by atoms with Crippen molar-refractivity contribution in [3.05, 3.63) is 70.2 Å². The minimum Gasteiger partial charge on any atom is -0.450 e. The molecule has 0 radical (unpaired) electrons. The molecule has 1 heterocycles. The molecule has 0 N–H and O–H groups in total. The summed E-state index contributed by atoms with van der Waals surface area (Å²) in [6, 6.07) is 18.5. The van der Waals surface area contributed by atoms with E-state index in [1.807, 2.05) is 37.3 Å². The largest absolute Gasteiger partial charge is 0.450 e. The Bertz CT molecular complexity index is 697. The first-order valence-electron chi connectivity index (χ1n) is 9.05. The van der Waals surface area contributed by atoms with Gasteiger partial charge in [-0.15, -0.1) is 0 Å². The number of halogens is 1. The lowest BCUT2D eigenvalue weighted by Gasteiger charge is -2.33. The van der Waals surface area contributed by atoms with Gasteiger partial charge in [-0.25, -0.2) is 4.79 Å². The van der Waals surface area contributed by atoms with Crippen molar-refractivity contribution in [2.45, 2.75) is 32.0 Å². The van der Waals surface area contributed by atoms with Gasteiger partial charge < -0.3 is 14.4 Å². The van der Waals surface area contributed by atoms with Crippen LogP contribution in [0.25, 0.3) is 0 Å². The Morgan fingerprint density at radius 2 is 1.69 bits per heavy atom. The number of hydrogen-bond donors (Lipinski definition) is 0. The van der Waals surface area contributed by atoms with E-state index in [9.17, 15) is 4.79 Å². The molecule has 2 aromatic carbocycles. The second-order valence-corrected chi connectivity index (χ2v) is 7.28. The second kappa shape index (κ2) is 9.19. The third-order valence-electron chi connectivity index (χ3n) is 4.57. The number of carbonyl (C=O) groups is 1. The van der Waals surface area contributed by atoms with Crippen LogP contribution in [0.3, 0.4) is 0 Å². The van der Waals surface area contributed by atoms with Crippen LogP contribution in [-0.4, -0.2) is 36.8 Å². The van der Waals surface area contributed by atoms with E-state index < -0.39 is 0 Å².